The van der Waals surface area contributed by atoms with Crippen molar-refractivity contribution in [1.29, 1.82) is 0 Å². The van der Waals surface area contributed by atoms with Gasteiger partial charge in [0.25, 0.3) is 0 Å². The first-order valence-electron chi connectivity index (χ1n) is 4.91. The average Bonchev–Trinajstić information content (AvgIpc) is 2.52. The summed E-state index contributed by atoms with van der Waals surface area (Å²) in [7, 11) is 4.65. The Labute approximate surface area is 94.3 Å². The van der Waals surface area contributed by atoms with Gasteiger partial charge in [0.05, 0.1) is 31.9 Å². The minimum absolute atomic E-state index is 0.111. The van der Waals surface area contributed by atoms with Crippen molar-refractivity contribution in [2.75, 3.05) is 14.2 Å². The summed E-state index contributed by atoms with van der Waals surface area (Å²) in [6.07, 6.45) is 0.111. The molecule has 0 radical (unpaired) electrons. The van der Waals surface area contributed by atoms with E-state index in [-0.39, 0.29) is 12.4 Å². The highest BCUT2D eigenvalue weighted by molar-refractivity contribution is 5.70. The molecule has 1 aromatic rings. The smallest absolute Gasteiger partial charge is 0.307 e. The zero-order chi connectivity index (χ0) is 12.3. The summed E-state index contributed by atoms with van der Waals surface area (Å²) in [6, 6.07) is -0.462. The highest BCUT2D eigenvalue weighted by Gasteiger charge is 2.22. The Morgan fingerprint density at radius 2 is 2.19 bits per heavy atom. The van der Waals surface area contributed by atoms with Gasteiger partial charge in [-0.25, -0.2) is 4.68 Å². The highest BCUT2D eigenvalue weighted by atomic mass is 16.5. The second-order valence-corrected chi connectivity index (χ2v) is 3.52. The lowest BCUT2D eigenvalue weighted by Gasteiger charge is -2.11. The molecule has 6 nitrogen and oxygen atoms in total. The molecule has 0 saturated carbocycles. The topological polar surface area (TPSA) is 79.4 Å². The molecule has 0 saturated heterocycles. The molecule has 0 bridgehead atoms. The number of ether oxygens (including phenoxy) is 2. The number of hydrogen-bond donors (Lipinski definition) is 1. The van der Waals surface area contributed by atoms with Crippen LogP contribution in [-0.4, -0.2) is 30.0 Å². The molecule has 1 atom stereocenters. The van der Waals surface area contributed by atoms with E-state index in [1.807, 2.05) is 6.92 Å². The lowest BCUT2D eigenvalue weighted by molar-refractivity contribution is -0.141. The first-order valence-corrected chi connectivity index (χ1v) is 4.91. The Balaban J connectivity index is 2.98. The van der Waals surface area contributed by atoms with Crippen molar-refractivity contribution in [2.45, 2.75) is 19.4 Å². The lowest BCUT2D eigenvalue weighted by atomic mass is 10.1. The molecule has 16 heavy (non-hydrogen) atoms. The maximum Gasteiger partial charge on any atom is 0.307 e. The van der Waals surface area contributed by atoms with Crippen LogP contribution in [0.3, 0.4) is 0 Å². The van der Waals surface area contributed by atoms with Crippen molar-refractivity contribution in [1.82, 2.24) is 9.78 Å². The summed E-state index contributed by atoms with van der Waals surface area (Å²) >= 11 is 0. The quantitative estimate of drug-likeness (QED) is 0.748. The van der Waals surface area contributed by atoms with Crippen LogP contribution in [-0.2, 0) is 16.6 Å². The van der Waals surface area contributed by atoms with Gasteiger partial charge in [-0.05, 0) is 6.92 Å². The number of aryl methyl sites for hydroxylation is 2. The molecule has 0 amide bonds. The van der Waals surface area contributed by atoms with Crippen molar-refractivity contribution < 1.29 is 14.3 Å². The monoisotopic (exact) mass is 227 g/mol. The Bertz CT molecular complexity index is 387. The van der Waals surface area contributed by atoms with E-state index in [0.717, 1.165) is 11.3 Å². The number of nitrogens with zero attached hydrogens (tertiary/aromatic N) is 2. The number of methoxy groups -OCH3 is 2. The van der Waals surface area contributed by atoms with Crippen molar-refractivity contribution >= 4 is 5.97 Å². The molecule has 2 N–H and O–H groups in total. The summed E-state index contributed by atoms with van der Waals surface area (Å²) < 4.78 is 11.4. The Morgan fingerprint density at radius 3 is 2.69 bits per heavy atom. The molecule has 1 aromatic heterocycles. The van der Waals surface area contributed by atoms with Gasteiger partial charge in [-0.15, -0.1) is 0 Å². The van der Waals surface area contributed by atoms with Gasteiger partial charge in [-0.2, -0.15) is 5.10 Å². The number of rotatable bonds is 4. The Hall–Kier alpha value is -1.56. The van der Waals surface area contributed by atoms with E-state index in [2.05, 4.69) is 9.84 Å². The van der Waals surface area contributed by atoms with Crippen LogP contribution in [0.1, 0.15) is 23.7 Å². The maximum absolute atomic E-state index is 11.1. The van der Waals surface area contributed by atoms with Gasteiger partial charge >= 0.3 is 5.97 Å². The van der Waals surface area contributed by atoms with Crippen LogP contribution in [0.2, 0.25) is 0 Å². The van der Waals surface area contributed by atoms with E-state index in [4.69, 9.17) is 10.5 Å². The van der Waals surface area contributed by atoms with E-state index in [1.54, 1.807) is 18.8 Å². The van der Waals surface area contributed by atoms with E-state index < -0.39 is 6.04 Å². The fraction of sp³-hybridized carbons (Fsp3) is 0.600. The van der Waals surface area contributed by atoms with Crippen LogP contribution in [0.25, 0.3) is 0 Å². The zero-order valence-electron chi connectivity index (χ0n) is 9.98. The molecular formula is C10H17N3O3. The number of hydrogen-bond acceptors (Lipinski definition) is 5. The molecule has 0 aromatic carbocycles. The fourth-order valence-corrected chi connectivity index (χ4v) is 1.69. The molecule has 0 aliphatic carbocycles. The average molecular weight is 227 g/mol. The SMILES string of the molecule is COC(=O)C[C@@H](N)c1c(C)nn(C)c1OC. The van der Waals surface area contributed by atoms with Gasteiger partial charge in [0.1, 0.15) is 0 Å². The van der Waals surface area contributed by atoms with Crippen LogP contribution in [0.5, 0.6) is 5.88 Å². The van der Waals surface area contributed by atoms with E-state index >= 15 is 0 Å². The predicted molar refractivity (Wildman–Crippen MR) is 58.1 cm³/mol. The minimum atomic E-state index is -0.462. The van der Waals surface area contributed by atoms with Crippen LogP contribution in [0.4, 0.5) is 0 Å². The van der Waals surface area contributed by atoms with Gasteiger partial charge in [0.15, 0.2) is 0 Å². The number of nitrogens with two attached hydrogens (primary N) is 1. The predicted octanol–water partition coefficient (Wildman–Crippen LogP) is 0.300. The highest BCUT2D eigenvalue weighted by Crippen LogP contribution is 2.28. The van der Waals surface area contributed by atoms with Crippen LogP contribution in [0.15, 0.2) is 0 Å². The summed E-state index contributed by atoms with van der Waals surface area (Å²) in [4.78, 5) is 11.1. The number of aromatic nitrogens is 2. The van der Waals surface area contributed by atoms with E-state index in [1.165, 1.54) is 7.11 Å². The van der Waals surface area contributed by atoms with Crippen LogP contribution >= 0.6 is 0 Å². The maximum atomic E-state index is 11.1. The molecule has 0 spiro atoms. The van der Waals surface area contributed by atoms with Crippen LogP contribution < -0.4 is 10.5 Å². The third-order valence-corrected chi connectivity index (χ3v) is 2.39. The molecule has 6 heteroatoms. The van der Waals surface area contributed by atoms with Gasteiger partial charge in [-0.1, -0.05) is 0 Å². The molecule has 0 fully saturated rings. The third kappa shape index (κ3) is 2.33. The molecular weight excluding hydrogens is 210 g/mol. The van der Waals surface area contributed by atoms with Crippen molar-refractivity contribution in [3.8, 4) is 5.88 Å². The van der Waals surface area contributed by atoms with Crippen molar-refractivity contribution in [3.63, 3.8) is 0 Å². The Morgan fingerprint density at radius 1 is 1.56 bits per heavy atom. The molecule has 0 unspecified atom stereocenters. The number of carbonyl (C=O) groups is 1. The Kier molecular flexibility index (Phi) is 3.89. The molecule has 0 aliphatic rings. The largest absolute Gasteiger partial charge is 0.481 e. The summed E-state index contributed by atoms with van der Waals surface area (Å²) in [5.74, 6) is 0.228. The normalized spacial score (nSPS) is 12.3. The second kappa shape index (κ2) is 4.98. The van der Waals surface area contributed by atoms with Gasteiger partial charge in [0, 0.05) is 13.1 Å². The lowest BCUT2D eigenvalue weighted by Crippen LogP contribution is -2.17. The first-order chi connectivity index (χ1) is 7.51. The molecule has 1 rings (SSSR count). The summed E-state index contributed by atoms with van der Waals surface area (Å²) in [5.41, 5.74) is 7.43. The van der Waals surface area contributed by atoms with Gasteiger partial charge < -0.3 is 15.2 Å². The molecule has 1 heterocycles. The van der Waals surface area contributed by atoms with Crippen molar-refractivity contribution in [3.05, 3.63) is 11.3 Å². The molecule has 0 aliphatic heterocycles. The van der Waals surface area contributed by atoms with Gasteiger partial charge in [-0.3, -0.25) is 4.79 Å². The number of carbonyl (C=O) groups excluding carboxylic acids is 1. The zero-order valence-corrected chi connectivity index (χ0v) is 9.98. The standard InChI is InChI=1S/C10H17N3O3/c1-6-9(7(11)5-8(14)15-3)10(16-4)13(2)12-6/h7H,5,11H2,1-4H3/t7-/m1/s1. The third-order valence-electron chi connectivity index (χ3n) is 2.39. The second-order valence-electron chi connectivity index (χ2n) is 3.52. The molecule has 90 valence electrons. The fourth-order valence-electron chi connectivity index (χ4n) is 1.69. The van der Waals surface area contributed by atoms with Crippen LogP contribution in [0, 0.1) is 6.92 Å². The first kappa shape index (κ1) is 12.5. The van der Waals surface area contributed by atoms with Gasteiger partial charge in [0.2, 0.25) is 5.88 Å². The van der Waals surface area contributed by atoms with Crippen molar-refractivity contribution in [2.24, 2.45) is 12.8 Å². The summed E-state index contributed by atoms with van der Waals surface area (Å²) in [6.45, 7) is 1.83. The number of esters is 1. The van der Waals surface area contributed by atoms with E-state index in [0.29, 0.717) is 5.88 Å². The van der Waals surface area contributed by atoms with E-state index in [9.17, 15) is 4.79 Å². The summed E-state index contributed by atoms with van der Waals surface area (Å²) in [5, 5.41) is 4.20. The minimum Gasteiger partial charge on any atom is -0.481 e.